The molecule has 2 heterocycles. The van der Waals surface area contributed by atoms with Crippen LogP contribution in [0.2, 0.25) is 0 Å². The number of benzene rings is 2. The fraction of sp³-hybridized carbons (Fsp3) is 0.375. The summed E-state index contributed by atoms with van der Waals surface area (Å²) in [5, 5.41) is 4.26. The number of piperidine rings is 1. The van der Waals surface area contributed by atoms with E-state index < -0.39 is 0 Å². The first kappa shape index (κ1) is 20.3. The van der Waals surface area contributed by atoms with E-state index in [1.165, 1.54) is 10.9 Å². The molecule has 6 heteroatoms. The Kier molecular flexibility index (Phi) is 6.23. The molecule has 1 amide bonds. The van der Waals surface area contributed by atoms with Crippen molar-refractivity contribution < 1.29 is 14.3 Å². The Hall–Kier alpha value is -2.99. The van der Waals surface area contributed by atoms with Crippen molar-refractivity contribution in [2.24, 2.45) is 0 Å². The molecule has 1 fully saturated rings. The largest absolute Gasteiger partial charge is 0.497 e. The SMILES string of the molecule is COc1cccc(CNC(=O)CN2CCC(c3c[nH]c4ccc(OC)cc34)CC2)c1. The van der Waals surface area contributed by atoms with Crippen molar-refractivity contribution in [3.8, 4) is 11.5 Å². The lowest BCUT2D eigenvalue weighted by atomic mass is 9.89. The van der Waals surface area contributed by atoms with Crippen LogP contribution in [0, 0.1) is 0 Å². The van der Waals surface area contributed by atoms with Crippen LogP contribution in [0.4, 0.5) is 0 Å². The number of aromatic amines is 1. The van der Waals surface area contributed by atoms with Gasteiger partial charge in [-0.3, -0.25) is 9.69 Å². The molecule has 0 radical (unpaired) electrons. The zero-order valence-electron chi connectivity index (χ0n) is 17.6. The molecule has 1 aliphatic heterocycles. The van der Waals surface area contributed by atoms with Gasteiger partial charge in [-0.15, -0.1) is 0 Å². The summed E-state index contributed by atoms with van der Waals surface area (Å²) in [5.74, 6) is 2.25. The maximum atomic E-state index is 12.4. The number of methoxy groups -OCH3 is 2. The number of hydrogen-bond acceptors (Lipinski definition) is 4. The van der Waals surface area contributed by atoms with Crippen molar-refractivity contribution in [2.75, 3.05) is 33.9 Å². The highest BCUT2D eigenvalue weighted by Gasteiger charge is 2.24. The molecule has 0 aliphatic carbocycles. The lowest BCUT2D eigenvalue weighted by molar-refractivity contribution is -0.122. The fourth-order valence-corrected chi connectivity index (χ4v) is 4.23. The molecule has 1 saturated heterocycles. The molecule has 158 valence electrons. The molecule has 6 nitrogen and oxygen atoms in total. The number of likely N-dealkylation sites (tertiary alicyclic amines) is 1. The van der Waals surface area contributed by atoms with E-state index in [2.05, 4.69) is 33.5 Å². The van der Waals surface area contributed by atoms with Crippen LogP contribution in [-0.2, 0) is 11.3 Å². The lowest BCUT2D eigenvalue weighted by Gasteiger charge is -2.31. The number of amides is 1. The van der Waals surface area contributed by atoms with E-state index in [-0.39, 0.29) is 5.91 Å². The van der Waals surface area contributed by atoms with Gasteiger partial charge in [0.1, 0.15) is 11.5 Å². The number of nitrogens with one attached hydrogen (secondary N) is 2. The number of aromatic nitrogens is 1. The van der Waals surface area contributed by atoms with Gasteiger partial charge < -0.3 is 19.8 Å². The second-order valence-corrected chi connectivity index (χ2v) is 7.83. The Morgan fingerprint density at radius 2 is 1.87 bits per heavy atom. The van der Waals surface area contributed by atoms with Gasteiger partial charge in [-0.25, -0.2) is 0 Å². The first-order valence-electron chi connectivity index (χ1n) is 10.4. The van der Waals surface area contributed by atoms with Crippen molar-refractivity contribution >= 4 is 16.8 Å². The van der Waals surface area contributed by atoms with Crippen molar-refractivity contribution in [3.05, 3.63) is 59.8 Å². The van der Waals surface area contributed by atoms with Gasteiger partial charge in [0.25, 0.3) is 0 Å². The molecule has 1 aromatic heterocycles. The van der Waals surface area contributed by atoms with E-state index in [1.807, 2.05) is 30.3 Å². The minimum absolute atomic E-state index is 0.0631. The van der Waals surface area contributed by atoms with Gasteiger partial charge in [-0.05, 0) is 73.3 Å². The number of carbonyl (C=O) groups excluding carboxylic acids is 1. The van der Waals surface area contributed by atoms with Crippen LogP contribution in [-0.4, -0.2) is 49.6 Å². The first-order valence-corrected chi connectivity index (χ1v) is 10.4. The van der Waals surface area contributed by atoms with E-state index in [0.29, 0.717) is 19.0 Å². The number of rotatable bonds is 7. The number of ether oxygens (including phenoxy) is 2. The van der Waals surface area contributed by atoms with Crippen LogP contribution in [0.15, 0.2) is 48.7 Å². The van der Waals surface area contributed by atoms with Gasteiger partial charge in [0.05, 0.1) is 20.8 Å². The van der Waals surface area contributed by atoms with Crippen molar-refractivity contribution in [3.63, 3.8) is 0 Å². The van der Waals surface area contributed by atoms with Crippen LogP contribution < -0.4 is 14.8 Å². The molecular formula is C24H29N3O3. The summed E-state index contributed by atoms with van der Waals surface area (Å²) >= 11 is 0. The third kappa shape index (κ3) is 4.60. The van der Waals surface area contributed by atoms with Crippen LogP contribution in [0.1, 0.15) is 29.9 Å². The van der Waals surface area contributed by atoms with Gasteiger partial charge in [0.2, 0.25) is 5.91 Å². The number of H-pyrrole nitrogens is 1. The predicted molar refractivity (Wildman–Crippen MR) is 118 cm³/mol. The average molecular weight is 408 g/mol. The molecule has 1 aliphatic rings. The topological polar surface area (TPSA) is 66.6 Å². The predicted octanol–water partition coefficient (Wildman–Crippen LogP) is 3.68. The number of hydrogen-bond donors (Lipinski definition) is 2. The summed E-state index contributed by atoms with van der Waals surface area (Å²) in [7, 11) is 3.35. The highest BCUT2D eigenvalue weighted by Crippen LogP contribution is 2.34. The van der Waals surface area contributed by atoms with Crippen LogP contribution in [0.3, 0.4) is 0 Å². The molecule has 4 rings (SSSR count). The van der Waals surface area contributed by atoms with Crippen LogP contribution in [0.5, 0.6) is 11.5 Å². The second-order valence-electron chi connectivity index (χ2n) is 7.83. The summed E-state index contributed by atoms with van der Waals surface area (Å²) in [6, 6.07) is 13.9. The molecule has 0 spiro atoms. The second kappa shape index (κ2) is 9.22. The molecule has 0 atom stereocenters. The van der Waals surface area contributed by atoms with Crippen molar-refractivity contribution in [1.29, 1.82) is 0 Å². The fourth-order valence-electron chi connectivity index (χ4n) is 4.23. The summed E-state index contributed by atoms with van der Waals surface area (Å²) in [6.07, 6.45) is 4.23. The van der Waals surface area contributed by atoms with Gasteiger partial charge in [0.15, 0.2) is 0 Å². The maximum Gasteiger partial charge on any atom is 0.234 e. The Bertz CT molecular complexity index is 1010. The van der Waals surface area contributed by atoms with Crippen LogP contribution in [0.25, 0.3) is 10.9 Å². The van der Waals surface area contributed by atoms with Gasteiger partial charge >= 0.3 is 0 Å². The quantitative estimate of drug-likeness (QED) is 0.627. The highest BCUT2D eigenvalue weighted by atomic mass is 16.5. The van der Waals surface area contributed by atoms with Gasteiger partial charge in [-0.1, -0.05) is 12.1 Å². The van der Waals surface area contributed by atoms with E-state index in [9.17, 15) is 4.79 Å². The highest BCUT2D eigenvalue weighted by molar-refractivity contribution is 5.85. The Morgan fingerprint density at radius 3 is 2.63 bits per heavy atom. The summed E-state index contributed by atoms with van der Waals surface area (Å²) in [4.78, 5) is 18.0. The molecule has 2 N–H and O–H groups in total. The monoisotopic (exact) mass is 407 g/mol. The molecule has 0 saturated carbocycles. The third-order valence-corrected chi connectivity index (χ3v) is 5.94. The van der Waals surface area contributed by atoms with Crippen molar-refractivity contribution in [1.82, 2.24) is 15.2 Å². The minimum Gasteiger partial charge on any atom is -0.497 e. The van der Waals surface area contributed by atoms with E-state index in [1.54, 1.807) is 14.2 Å². The molecular weight excluding hydrogens is 378 g/mol. The number of fused-ring (bicyclic) bond motifs is 1. The van der Waals surface area contributed by atoms with Crippen LogP contribution >= 0.6 is 0 Å². The molecule has 3 aromatic rings. The van der Waals surface area contributed by atoms with E-state index >= 15 is 0 Å². The summed E-state index contributed by atoms with van der Waals surface area (Å²) in [6.45, 7) is 2.81. The minimum atomic E-state index is 0.0631. The smallest absolute Gasteiger partial charge is 0.234 e. The zero-order chi connectivity index (χ0) is 20.9. The maximum absolute atomic E-state index is 12.4. The summed E-state index contributed by atoms with van der Waals surface area (Å²) in [5.41, 5.74) is 3.53. The molecule has 30 heavy (non-hydrogen) atoms. The molecule has 0 unspecified atom stereocenters. The Labute approximate surface area is 177 Å². The van der Waals surface area contributed by atoms with Crippen molar-refractivity contribution in [2.45, 2.75) is 25.3 Å². The number of nitrogens with zero attached hydrogens (tertiary/aromatic N) is 1. The zero-order valence-corrected chi connectivity index (χ0v) is 17.6. The van der Waals surface area contributed by atoms with E-state index in [4.69, 9.17) is 9.47 Å². The Morgan fingerprint density at radius 1 is 1.10 bits per heavy atom. The average Bonchev–Trinajstić information content (AvgIpc) is 3.21. The van der Waals surface area contributed by atoms with E-state index in [0.717, 1.165) is 48.5 Å². The summed E-state index contributed by atoms with van der Waals surface area (Å²) < 4.78 is 10.6. The first-order chi connectivity index (χ1) is 14.7. The third-order valence-electron chi connectivity index (χ3n) is 5.94. The van der Waals surface area contributed by atoms with Gasteiger partial charge in [0, 0.05) is 23.6 Å². The lowest BCUT2D eigenvalue weighted by Crippen LogP contribution is -2.41. The normalized spacial score (nSPS) is 15.3. The Balaban J connectivity index is 1.29. The molecule has 0 bridgehead atoms. The number of carbonyl (C=O) groups is 1. The molecule has 2 aromatic carbocycles. The standard InChI is InChI=1S/C24H29N3O3/c1-29-19-5-3-4-17(12-19)14-26-24(28)16-27-10-8-18(9-11-27)22-15-25-23-7-6-20(30-2)13-21(22)23/h3-7,12-13,15,18,25H,8-11,14,16H2,1-2H3,(H,26,28). The van der Waals surface area contributed by atoms with Gasteiger partial charge in [-0.2, -0.15) is 0 Å².